The molecule has 0 fully saturated rings. The van der Waals surface area contributed by atoms with Crippen LogP contribution in [0.15, 0.2) is 18.5 Å². The molecule has 0 aliphatic carbocycles. The summed E-state index contributed by atoms with van der Waals surface area (Å²) in [4.78, 5) is 14.7. The van der Waals surface area contributed by atoms with Crippen LogP contribution in [0.4, 0.5) is 5.69 Å². The molecule has 0 spiro atoms. The molecule has 1 aromatic rings. The molecule has 0 radical (unpaired) electrons. The second-order valence-electron chi connectivity index (χ2n) is 3.28. The van der Waals surface area contributed by atoms with Gasteiger partial charge in [0.25, 0.3) is 0 Å². The van der Waals surface area contributed by atoms with Gasteiger partial charge in [0.15, 0.2) is 0 Å². The van der Waals surface area contributed by atoms with E-state index >= 15 is 0 Å². The molecule has 88 valence electrons. The first-order valence-electron chi connectivity index (χ1n) is 4.82. The number of nitrogens with zero attached hydrogens (tertiary/aromatic N) is 1. The fraction of sp³-hybridized carbons (Fsp3) is 0.400. The van der Waals surface area contributed by atoms with E-state index in [1.54, 1.807) is 6.26 Å². The van der Waals surface area contributed by atoms with Crippen LogP contribution < -0.4 is 5.32 Å². The molecular formula is C10H14N2O3S. The van der Waals surface area contributed by atoms with Crippen LogP contribution >= 0.6 is 0 Å². The van der Waals surface area contributed by atoms with Crippen molar-refractivity contribution in [2.24, 2.45) is 0 Å². The van der Waals surface area contributed by atoms with Crippen molar-refractivity contribution < 1.29 is 14.1 Å². The van der Waals surface area contributed by atoms with E-state index in [9.17, 15) is 9.00 Å². The summed E-state index contributed by atoms with van der Waals surface area (Å²) in [6, 6.07) is 1.45. The van der Waals surface area contributed by atoms with Crippen LogP contribution in [0.2, 0.25) is 0 Å². The molecule has 6 heteroatoms. The second kappa shape index (κ2) is 6.22. The van der Waals surface area contributed by atoms with E-state index in [1.807, 2.05) is 0 Å². The number of aromatic nitrogens is 1. The van der Waals surface area contributed by atoms with Gasteiger partial charge in [0, 0.05) is 35.5 Å². The molecule has 0 bridgehead atoms. The third-order valence-electron chi connectivity index (χ3n) is 1.98. The van der Waals surface area contributed by atoms with Crippen LogP contribution in [0.25, 0.3) is 0 Å². The lowest BCUT2D eigenvalue weighted by Crippen LogP contribution is -2.10. The number of carbonyl (C=O) groups is 1. The van der Waals surface area contributed by atoms with Gasteiger partial charge in [-0.3, -0.25) is 9.19 Å². The molecule has 2 N–H and O–H groups in total. The van der Waals surface area contributed by atoms with Gasteiger partial charge >= 0.3 is 5.97 Å². The molecule has 5 nitrogen and oxygen atoms in total. The maximum Gasteiger partial charge on any atom is 0.337 e. The van der Waals surface area contributed by atoms with Crippen LogP contribution in [-0.2, 0) is 10.8 Å². The topological polar surface area (TPSA) is 79.3 Å². The summed E-state index contributed by atoms with van der Waals surface area (Å²) in [6.07, 6.45) is 5.30. The fourth-order valence-electron chi connectivity index (χ4n) is 1.22. The van der Waals surface area contributed by atoms with E-state index in [1.165, 1.54) is 18.5 Å². The van der Waals surface area contributed by atoms with E-state index in [4.69, 9.17) is 5.11 Å². The Kier molecular flexibility index (Phi) is 4.91. The van der Waals surface area contributed by atoms with Crippen molar-refractivity contribution in [1.82, 2.24) is 4.98 Å². The number of nitrogens with one attached hydrogen (secondary N) is 1. The van der Waals surface area contributed by atoms with Gasteiger partial charge in [-0.25, -0.2) is 4.79 Å². The zero-order chi connectivity index (χ0) is 12.0. The van der Waals surface area contributed by atoms with Crippen molar-refractivity contribution in [3.8, 4) is 0 Å². The molecule has 0 aliphatic rings. The molecule has 0 amide bonds. The molecular weight excluding hydrogens is 228 g/mol. The molecule has 16 heavy (non-hydrogen) atoms. The summed E-state index contributed by atoms with van der Waals surface area (Å²) in [6.45, 7) is 0.589. The van der Waals surface area contributed by atoms with Gasteiger partial charge in [-0.15, -0.1) is 0 Å². The summed E-state index contributed by atoms with van der Waals surface area (Å²) in [5.74, 6) is -0.376. The van der Waals surface area contributed by atoms with E-state index in [-0.39, 0.29) is 5.56 Å². The number of pyridine rings is 1. The zero-order valence-electron chi connectivity index (χ0n) is 8.97. The van der Waals surface area contributed by atoms with E-state index < -0.39 is 16.8 Å². The number of carboxylic acids is 1. The second-order valence-corrected chi connectivity index (χ2v) is 4.84. The monoisotopic (exact) mass is 242 g/mol. The molecule has 1 heterocycles. The quantitative estimate of drug-likeness (QED) is 0.726. The van der Waals surface area contributed by atoms with Crippen molar-refractivity contribution in [3.05, 3.63) is 24.0 Å². The number of hydrogen-bond acceptors (Lipinski definition) is 4. The first kappa shape index (κ1) is 12.6. The van der Waals surface area contributed by atoms with Crippen molar-refractivity contribution in [3.63, 3.8) is 0 Å². The van der Waals surface area contributed by atoms with Crippen LogP contribution in [0.3, 0.4) is 0 Å². The smallest absolute Gasteiger partial charge is 0.337 e. The number of carboxylic acid groups (broad SMARTS) is 1. The van der Waals surface area contributed by atoms with Crippen LogP contribution in [0.1, 0.15) is 16.8 Å². The van der Waals surface area contributed by atoms with Crippen LogP contribution in [0.5, 0.6) is 0 Å². The third kappa shape index (κ3) is 3.98. The number of anilines is 1. The molecule has 0 aromatic carbocycles. The number of aromatic carboxylic acids is 1. The SMILES string of the molecule is CS(=O)CCCNc1cnccc1C(=O)O. The standard InChI is InChI=1S/C10H14N2O3S/c1-16(15)6-2-4-12-9-7-11-5-3-8(9)10(13)14/h3,5,7,12H,2,4,6H2,1H3,(H,13,14). The fourth-order valence-corrected chi connectivity index (χ4v) is 1.77. The molecule has 0 aliphatic heterocycles. The molecule has 1 rings (SSSR count). The minimum Gasteiger partial charge on any atom is -0.478 e. The van der Waals surface area contributed by atoms with Gasteiger partial charge in [-0.2, -0.15) is 0 Å². The van der Waals surface area contributed by atoms with Crippen molar-refractivity contribution in [1.29, 1.82) is 0 Å². The third-order valence-corrected chi connectivity index (χ3v) is 2.84. The Balaban J connectivity index is 2.53. The predicted octanol–water partition coefficient (Wildman–Crippen LogP) is 0.960. The molecule has 0 saturated carbocycles. The average Bonchev–Trinajstić information content (AvgIpc) is 2.24. The molecule has 1 unspecified atom stereocenters. The Hall–Kier alpha value is -1.43. The highest BCUT2D eigenvalue weighted by molar-refractivity contribution is 7.84. The molecule has 1 atom stereocenters. The summed E-state index contributed by atoms with van der Waals surface area (Å²) >= 11 is 0. The maximum absolute atomic E-state index is 10.8. The predicted molar refractivity (Wildman–Crippen MR) is 63.2 cm³/mol. The Morgan fingerprint density at radius 3 is 3.00 bits per heavy atom. The first-order chi connectivity index (χ1) is 7.61. The van der Waals surface area contributed by atoms with Gasteiger partial charge < -0.3 is 10.4 Å². The van der Waals surface area contributed by atoms with Gasteiger partial charge in [0.05, 0.1) is 17.4 Å². The Morgan fingerprint density at radius 1 is 1.62 bits per heavy atom. The highest BCUT2D eigenvalue weighted by Gasteiger charge is 2.08. The van der Waals surface area contributed by atoms with Crippen LogP contribution in [0, 0.1) is 0 Å². The lowest BCUT2D eigenvalue weighted by atomic mass is 10.2. The van der Waals surface area contributed by atoms with E-state index in [0.29, 0.717) is 18.0 Å². The van der Waals surface area contributed by atoms with Crippen molar-refractivity contribution >= 4 is 22.5 Å². The Morgan fingerprint density at radius 2 is 2.38 bits per heavy atom. The zero-order valence-corrected chi connectivity index (χ0v) is 9.79. The highest BCUT2D eigenvalue weighted by atomic mass is 32.2. The highest BCUT2D eigenvalue weighted by Crippen LogP contribution is 2.12. The van der Waals surface area contributed by atoms with E-state index in [0.717, 1.165) is 6.42 Å². The Labute approximate surface area is 96.4 Å². The normalized spacial score (nSPS) is 12.1. The Bertz CT molecular complexity index is 395. The summed E-state index contributed by atoms with van der Waals surface area (Å²) in [5.41, 5.74) is 0.699. The number of hydrogen-bond donors (Lipinski definition) is 2. The lowest BCUT2D eigenvalue weighted by Gasteiger charge is -2.07. The number of rotatable bonds is 6. The summed E-state index contributed by atoms with van der Waals surface area (Å²) in [7, 11) is -0.810. The van der Waals surface area contributed by atoms with Crippen molar-refractivity contribution in [2.75, 3.05) is 23.9 Å². The molecule has 0 saturated heterocycles. The van der Waals surface area contributed by atoms with Gasteiger partial charge in [-0.05, 0) is 12.5 Å². The maximum atomic E-state index is 10.8. The van der Waals surface area contributed by atoms with Gasteiger partial charge in [0.2, 0.25) is 0 Å². The van der Waals surface area contributed by atoms with Gasteiger partial charge in [0.1, 0.15) is 0 Å². The van der Waals surface area contributed by atoms with Crippen molar-refractivity contribution in [2.45, 2.75) is 6.42 Å². The molecule has 1 aromatic heterocycles. The van der Waals surface area contributed by atoms with Crippen LogP contribution in [-0.4, -0.2) is 38.8 Å². The minimum absolute atomic E-state index is 0.202. The minimum atomic E-state index is -0.982. The first-order valence-corrected chi connectivity index (χ1v) is 6.55. The van der Waals surface area contributed by atoms with Gasteiger partial charge in [-0.1, -0.05) is 0 Å². The largest absolute Gasteiger partial charge is 0.478 e. The average molecular weight is 242 g/mol. The lowest BCUT2D eigenvalue weighted by molar-refractivity contribution is 0.0698. The van der Waals surface area contributed by atoms with E-state index in [2.05, 4.69) is 10.3 Å². The summed E-state index contributed by atoms with van der Waals surface area (Å²) in [5, 5.41) is 11.9. The summed E-state index contributed by atoms with van der Waals surface area (Å²) < 4.78 is 10.8.